The first-order valence-electron chi connectivity index (χ1n) is 6.72. The molecule has 1 heterocycles. The summed E-state index contributed by atoms with van der Waals surface area (Å²) < 4.78 is 0. The molecular formula is C14H16N4O3. The molecule has 1 fully saturated rings. The first-order chi connectivity index (χ1) is 10.1. The summed E-state index contributed by atoms with van der Waals surface area (Å²) in [6.45, 7) is 1.26. The molecule has 7 nitrogen and oxygen atoms in total. The van der Waals surface area contributed by atoms with Gasteiger partial charge in [-0.25, -0.2) is 0 Å². The number of amides is 1. The molecule has 0 aliphatic carbocycles. The summed E-state index contributed by atoms with van der Waals surface area (Å²) in [5, 5.41) is 22.6. The number of nitrogens with one attached hydrogen (secondary N) is 1. The molecule has 1 saturated heterocycles. The predicted octanol–water partition coefficient (Wildman–Crippen LogP) is 1.43. The topological polar surface area (TPSA) is 99.3 Å². The van der Waals surface area contributed by atoms with Gasteiger partial charge >= 0.3 is 0 Å². The average molecular weight is 288 g/mol. The maximum atomic E-state index is 11.7. The lowest BCUT2D eigenvalue weighted by Crippen LogP contribution is -2.42. The van der Waals surface area contributed by atoms with Gasteiger partial charge in [0.05, 0.1) is 22.1 Å². The highest BCUT2D eigenvalue weighted by Crippen LogP contribution is 2.29. The third-order valence-corrected chi connectivity index (χ3v) is 3.69. The van der Waals surface area contributed by atoms with Crippen LogP contribution in [0.1, 0.15) is 18.4 Å². The molecule has 1 atom stereocenters. The van der Waals surface area contributed by atoms with Gasteiger partial charge in [-0.05, 0) is 18.9 Å². The second kappa shape index (κ2) is 6.22. The van der Waals surface area contributed by atoms with Crippen LogP contribution in [0.3, 0.4) is 0 Å². The Morgan fingerprint density at radius 1 is 1.57 bits per heavy atom. The summed E-state index contributed by atoms with van der Waals surface area (Å²) in [6.07, 6.45) is 1.66. The number of carbonyl (C=O) groups is 1. The molecule has 1 N–H and O–H groups in total. The smallest absolute Gasteiger partial charge is 0.270 e. The van der Waals surface area contributed by atoms with Gasteiger partial charge in [-0.2, -0.15) is 5.26 Å². The molecule has 21 heavy (non-hydrogen) atoms. The molecule has 0 bridgehead atoms. The molecule has 0 saturated carbocycles. The number of benzene rings is 1. The molecule has 2 rings (SSSR count). The summed E-state index contributed by atoms with van der Waals surface area (Å²) in [6, 6.07) is 6.25. The number of carbonyl (C=O) groups excluding carboxylic acids is 1. The Bertz CT molecular complexity index is 609. The summed E-state index contributed by atoms with van der Waals surface area (Å²) in [5.41, 5.74) is 0.814. The van der Waals surface area contributed by atoms with Crippen molar-refractivity contribution in [3.8, 4) is 6.07 Å². The van der Waals surface area contributed by atoms with E-state index in [1.54, 1.807) is 13.1 Å². The van der Waals surface area contributed by atoms with E-state index >= 15 is 0 Å². The van der Waals surface area contributed by atoms with Gasteiger partial charge in [0, 0.05) is 32.3 Å². The van der Waals surface area contributed by atoms with Crippen LogP contribution in [0.2, 0.25) is 0 Å². The largest absolute Gasteiger partial charge is 0.370 e. The lowest BCUT2D eigenvalue weighted by Gasteiger charge is -2.33. The Kier molecular flexibility index (Phi) is 4.38. The number of rotatable bonds is 3. The van der Waals surface area contributed by atoms with Gasteiger partial charge in [-0.15, -0.1) is 0 Å². The van der Waals surface area contributed by atoms with Crippen molar-refractivity contribution in [2.75, 3.05) is 25.0 Å². The van der Waals surface area contributed by atoms with Crippen LogP contribution in [0, 0.1) is 27.4 Å². The van der Waals surface area contributed by atoms with Gasteiger partial charge in [-0.3, -0.25) is 14.9 Å². The van der Waals surface area contributed by atoms with Gasteiger partial charge in [0.15, 0.2) is 0 Å². The number of piperidine rings is 1. The number of anilines is 1. The van der Waals surface area contributed by atoms with Crippen molar-refractivity contribution < 1.29 is 9.72 Å². The Balaban J connectivity index is 2.27. The van der Waals surface area contributed by atoms with E-state index in [0.717, 1.165) is 19.4 Å². The summed E-state index contributed by atoms with van der Waals surface area (Å²) in [7, 11) is 1.61. The minimum absolute atomic E-state index is 0.0138. The summed E-state index contributed by atoms with van der Waals surface area (Å²) >= 11 is 0. The fraction of sp³-hybridized carbons (Fsp3) is 0.429. The van der Waals surface area contributed by atoms with Crippen LogP contribution >= 0.6 is 0 Å². The van der Waals surface area contributed by atoms with Crippen LogP contribution < -0.4 is 10.2 Å². The van der Waals surface area contributed by atoms with E-state index in [-0.39, 0.29) is 23.1 Å². The van der Waals surface area contributed by atoms with Crippen LogP contribution in [-0.4, -0.2) is 31.0 Å². The van der Waals surface area contributed by atoms with Gasteiger partial charge in [0.2, 0.25) is 5.91 Å². The van der Waals surface area contributed by atoms with E-state index < -0.39 is 4.92 Å². The van der Waals surface area contributed by atoms with E-state index in [1.807, 2.05) is 11.0 Å². The third kappa shape index (κ3) is 3.11. The highest BCUT2D eigenvalue weighted by molar-refractivity contribution is 5.79. The van der Waals surface area contributed by atoms with Crippen LogP contribution in [-0.2, 0) is 4.79 Å². The maximum Gasteiger partial charge on any atom is 0.270 e. The van der Waals surface area contributed by atoms with Crippen LogP contribution in [0.5, 0.6) is 0 Å². The van der Waals surface area contributed by atoms with Crippen molar-refractivity contribution in [3.63, 3.8) is 0 Å². The number of nitrogens with zero attached hydrogens (tertiary/aromatic N) is 3. The van der Waals surface area contributed by atoms with Crippen LogP contribution in [0.15, 0.2) is 18.2 Å². The number of hydrogen-bond acceptors (Lipinski definition) is 5. The van der Waals surface area contributed by atoms with Crippen LogP contribution in [0.4, 0.5) is 11.4 Å². The van der Waals surface area contributed by atoms with E-state index in [9.17, 15) is 20.2 Å². The predicted molar refractivity (Wildman–Crippen MR) is 76.8 cm³/mol. The number of nitro groups is 1. The van der Waals surface area contributed by atoms with Gasteiger partial charge in [0.25, 0.3) is 5.69 Å². The number of nitriles is 1. The highest BCUT2D eigenvalue weighted by atomic mass is 16.6. The minimum Gasteiger partial charge on any atom is -0.370 e. The Morgan fingerprint density at radius 3 is 2.95 bits per heavy atom. The molecular weight excluding hydrogens is 272 g/mol. The average Bonchev–Trinajstić information content (AvgIpc) is 2.53. The summed E-state index contributed by atoms with van der Waals surface area (Å²) in [5.74, 6) is -0.134. The number of non-ortho nitro benzene ring substituents is 1. The zero-order valence-electron chi connectivity index (χ0n) is 11.7. The second-order valence-corrected chi connectivity index (χ2v) is 4.97. The fourth-order valence-electron chi connectivity index (χ4n) is 2.62. The van der Waals surface area contributed by atoms with Gasteiger partial charge in [0.1, 0.15) is 6.07 Å². The normalized spacial score (nSPS) is 17.9. The quantitative estimate of drug-likeness (QED) is 0.670. The molecule has 1 aliphatic heterocycles. The lowest BCUT2D eigenvalue weighted by atomic mass is 9.96. The van der Waals surface area contributed by atoms with Crippen molar-refractivity contribution in [2.45, 2.75) is 12.8 Å². The standard InChI is InChI=1S/C14H16N4O3/c1-16-14(19)10-3-2-6-17(9-10)13-5-4-12(18(20)21)7-11(13)8-15/h4-5,7,10H,2-3,6,9H2,1H3,(H,16,19). The maximum absolute atomic E-state index is 11.7. The molecule has 0 radical (unpaired) electrons. The second-order valence-electron chi connectivity index (χ2n) is 4.97. The van der Waals surface area contributed by atoms with Crippen LogP contribution in [0.25, 0.3) is 0 Å². The molecule has 1 aromatic rings. The Morgan fingerprint density at radius 2 is 2.33 bits per heavy atom. The van der Waals surface area contributed by atoms with E-state index in [2.05, 4.69) is 5.32 Å². The van der Waals surface area contributed by atoms with Gasteiger partial charge < -0.3 is 10.2 Å². The van der Waals surface area contributed by atoms with E-state index in [1.165, 1.54) is 12.1 Å². The first kappa shape index (κ1) is 14.8. The zero-order valence-corrected chi connectivity index (χ0v) is 11.7. The first-order valence-corrected chi connectivity index (χ1v) is 6.72. The minimum atomic E-state index is -0.520. The summed E-state index contributed by atoms with van der Waals surface area (Å²) in [4.78, 5) is 23.9. The molecule has 0 aromatic heterocycles. The lowest BCUT2D eigenvalue weighted by molar-refractivity contribution is -0.384. The van der Waals surface area contributed by atoms with Gasteiger partial charge in [-0.1, -0.05) is 0 Å². The third-order valence-electron chi connectivity index (χ3n) is 3.69. The molecule has 110 valence electrons. The van der Waals surface area contributed by atoms with Crippen molar-refractivity contribution in [1.82, 2.24) is 5.32 Å². The molecule has 1 unspecified atom stereocenters. The monoisotopic (exact) mass is 288 g/mol. The Labute approximate surface area is 122 Å². The molecule has 1 aromatic carbocycles. The van der Waals surface area contributed by atoms with Crippen molar-refractivity contribution >= 4 is 17.3 Å². The SMILES string of the molecule is CNC(=O)C1CCCN(c2ccc([N+](=O)[O-])cc2C#N)C1. The number of hydrogen-bond donors (Lipinski definition) is 1. The zero-order chi connectivity index (χ0) is 15.4. The highest BCUT2D eigenvalue weighted by Gasteiger charge is 2.26. The number of nitro benzene ring substituents is 1. The molecule has 1 aliphatic rings. The van der Waals surface area contributed by atoms with E-state index in [4.69, 9.17) is 0 Å². The van der Waals surface area contributed by atoms with E-state index in [0.29, 0.717) is 12.2 Å². The van der Waals surface area contributed by atoms with Crippen molar-refractivity contribution in [1.29, 1.82) is 5.26 Å². The van der Waals surface area contributed by atoms with Crippen molar-refractivity contribution in [3.05, 3.63) is 33.9 Å². The van der Waals surface area contributed by atoms with Crippen molar-refractivity contribution in [2.24, 2.45) is 5.92 Å². The molecule has 7 heteroatoms. The fourth-order valence-corrected chi connectivity index (χ4v) is 2.62. The molecule has 0 spiro atoms. The Hall–Kier alpha value is -2.62. The molecule has 1 amide bonds.